The molecule has 1 atom stereocenters. The van der Waals surface area contributed by atoms with E-state index in [1.807, 2.05) is 25.1 Å². The Morgan fingerprint density at radius 2 is 1.96 bits per heavy atom. The van der Waals surface area contributed by atoms with E-state index in [1.54, 1.807) is 11.8 Å². The highest BCUT2D eigenvalue weighted by Crippen LogP contribution is 2.37. The minimum absolute atomic E-state index is 0.194. The van der Waals surface area contributed by atoms with Gasteiger partial charge in [-0.3, -0.25) is 0 Å². The number of hydrogen-bond acceptors (Lipinski definition) is 4. The molecule has 1 unspecified atom stereocenters. The van der Waals surface area contributed by atoms with Crippen LogP contribution in [0.2, 0.25) is 0 Å². The molecule has 0 amide bonds. The van der Waals surface area contributed by atoms with Gasteiger partial charge in [0.15, 0.2) is 0 Å². The second kappa shape index (κ2) is 8.00. The molecule has 5 nitrogen and oxygen atoms in total. The normalized spacial score (nSPS) is 18.8. The molecule has 1 fully saturated rings. The zero-order valence-electron chi connectivity index (χ0n) is 14.8. The molecule has 0 aromatic heterocycles. The quantitative estimate of drug-likeness (QED) is 0.833. The Bertz CT molecular complexity index is 962. The van der Waals surface area contributed by atoms with E-state index in [0.717, 1.165) is 18.2 Å². The Kier molecular flexibility index (Phi) is 5.88. The molecule has 0 aliphatic carbocycles. The van der Waals surface area contributed by atoms with Crippen molar-refractivity contribution in [2.24, 2.45) is 0 Å². The third-order valence-electron chi connectivity index (χ3n) is 4.64. The molecule has 1 aliphatic heterocycles. The van der Waals surface area contributed by atoms with Crippen molar-refractivity contribution in [3.63, 3.8) is 0 Å². The highest BCUT2D eigenvalue weighted by atomic mass is 32.2. The maximum Gasteiger partial charge on any atom is 0.338 e. The van der Waals surface area contributed by atoms with Gasteiger partial charge in [0.05, 0.1) is 10.5 Å². The molecule has 144 valence electrons. The molecule has 0 saturated carbocycles. The second-order valence-corrected chi connectivity index (χ2v) is 9.60. The SMILES string of the molecule is Cc1ccccc1C1CCN(S(=O)(=O)c2ccc(F)c(C(=O)O)c2)CCS1. The first-order valence-corrected chi connectivity index (χ1v) is 11.0. The summed E-state index contributed by atoms with van der Waals surface area (Å²) < 4.78 is 40.8. The van der Waals surface area contributed by atoms with Gasteiger partial charge in [0.25, 0.3) is 0 Å². The molecule has 0 radical (unpaired) electrons. The van der Waals surface area contributed by atoms with Crippen molar-refractivity contribution >= 4 is 27.8 Å². The average molecular weight is 410 g/mol. The Hall–Kier alpha value is -1.90. The number of halogens is 1. The minimum Gasteiger partial charge on any atom is -0.478 e. The van der Waals surface area contributed by atoms with Crippen molar-refractivity contribution < 1.29 is 22.7 Å². The fourth-order valence-electron chi connectivity index (χ4n) is 3.16. The van der Waals surface area contributed by atoms with Gasteiger partial charge >= 0.3 is 5.97 Å². The molecular formula is C19H20FNO4S2. The van der Waals surface area contributed by atoms with Crippen LogP contribution in [0, 0.1) is 12.7 Å². The van der Waals surface area contributed by atoms with Gasteiger partial charge in [-0.1, -0.05) is 24.3 Å². The lowest BCUT2D eigenvalue weighted by molar-refractivity contribution is 0.0691. The van der Waals surface area contributed by atoms with E-state index in [4.69, 9.17) is 5.11 Å². The van der Waals surface area contributed by atoms with Gasteiger partial charge in [-0.05, 0) is 42.7 Å². The summed E-state index contributed by atoms with van der Waals surface area (Å²) in [6, 6.07) is 11.0. The Balaban J connectivity index is 1.83. The van der Waals surface area contributed by atoms with Crippen molar-refractivity contribution in [3.05, 3.63) is 65.0 Å². The van der Waals surface area contributed by atoms with Crippen molar-refractivity contribution in [2.75, 3.05) is 18.8 Å². The fourth-order valence-corrected chi connectivity index (χ4v) is 6.09. The number of hydrogen-bond donors (Lipinski definition) is 1. The first-order valence-electron chi connectivity index (χ1n) is 8.51. The predicted molar refractivity (Wildman–Crippen MR) is 103 cm³/mol. The molecular weight excluding hydrogens is 389 g/mol. The van der Waals surface area contributed by atoms with Crippen LogP contribution in [0.15, 0.2) is 47.4 Å². The second-order valence-electron chi connectivity index (χ2n) is 6.36. The third-order valence-corrected chi connectivity index (χ3v) is 7.85. The van der Waals surface area contributed by atoms with E-state index < -0.39 is 27.4 Å². The smallest absolute Gasteiger partial charge is 0.338 e. The number of nitrogens with zero attached hydrogens (tertiary/aromatic N) is 1. The van der Waals surface area contributed by atoms with Gasteiger partial charge in [-0.2, -0.15) is 16.1 Å². The summed E-state index contributed by atoms with van der Waals surface area (Å²) in [6.07, 6.45) is 0.654. The highest BCUT2D eigenvalue weighted by molar-refractivity contribution is 7.99. The van der Waals surface area contributed by atoms with Crippen molar-refractivity contribution in [2.45, 2.75) is 23.5 Å². The average Bonchev–Trinajstić information content (AvgIpc) is 2.88. The summed E-state index contributed by atoms with van der Waals surface area (Å²) >= 11 is 1.72. The first kappa shape index (κ1) is 19.9. The van der Waals surface area contributed by atoms with Crippen molar-refractivity contribution in [1.29, 1.82) is 0 Å². The van der Waals surface area contributed by atoms with Crippen LogP contribution >= 0.6 is 11.8 Å². The lowest BCUT2D eigenvalue weighted by atomic mass is 10.0. The van der Waals surface area contributed by atoms with E-state index in [9.17, 15) is 17.6 Å². The molecule has 1 aliphatic rings. The Morgan fingerprint density at radius 1 is 1.22 bits per heavy atom. The van der Waals surface area contributed by atoms with E-state index in [0.29, 0.717) is 25.3 Å². The highest BCUT2D eigenvalue weighted by Gasteiger charge is 2.29. The molecule has 0 spiro atoms. The standard InChI is InChI=1S/C19H20FNO4S2/c1-13-4-2-3-5-15(13)18-8-9-21(10-11-26-18)27(24,25)14-6-7-17(20)16(12-14)19(22)23/h2-7,12,18H,8-11H2,1H3,(H,22,23). The van der Waals surface area contributed by atoms with Crippen LogP contribution in [-0.4, -0.2) is 42.6 Å². The van der Waals surface area contributed by atoms with Crippen LogP contribution in [0.4, 0.5) is 4.39 Å². The summed E-state index contributed by atoms with van der Waals surface area (Å²) in [6.45, 7) is 2.70. The minimum atomic E-state index is -3.88. The van der Waals surface area contributed by atoms with Crippen LogP contribution in [-0.2, 0) is 10.0 Å². The van der Waals surface area contributed by atoms with Gasteiger partial charge in [0, 0.05) is 24.1 Å². The van der Waals surface area contributed by atoms with Gasteiger partial charge in [0.1, 0.15) is 5.82 Å². The molecule has 2 aromatic carbocycles. The maximum absolute atomic E-state index is 13.6. The number of sulfonamides is 1. The van der Waals surface area contributed by atoms with Crippen LogP contribution in [0.5, 0.6) is 0 Å². The first-order chi connectivity index (χ1) is 12.8. The fraction of sp³-hybridized carbons (Fsp3) is 0.316. The number of carbonyl (C=O) groups is 1. The molecule has 27 heavy (non-hydrogen) atoms. The van der Waals surface area contributed by atoms with Crippen molar-refractivity contribution in [1.82, 2.24) is 4.31 Å². The summed E-state index contributed by atoms with van der Waals surface area (Å²) in [5, 5.41) is 9.25. The Morgan fingerprint density at radius 3 is 2.67 bits per heavy atom. The summed E-state index contributed by atoms with van der Waals surface area (Å²) in [7, 11) is -3.88. The topological polar surface area (TPSA) is 74.7 Å². The number of rotatable bonds is 4. The number of benzene rings is 2. The molecule has 1 heterocycles. The number of aryl methyl sites for hydroxylation is 1. The number of carboxylic acid groups (broad SMARTS) is 1. The van der Waals surface area contributed by atoms with E-state index in [1.165, 1.54) is 15.4 Å². The lowest BCUT2D eigenvalue weighted by Crippen LogP contribution is -2.33. The summed E-state index contributed by atoms with van der Waals surface area (Å²) in [5.74, 6) is -1.81. The molecule has 3 rings (SSSR count). The van der Waals surface area contributed by atoms with Crippen LogP contribution in [0.1, 0.15) is 33.2 Å². The van der Waals surface area contributed by atoms with E-state index in [-0.39, 0.29) is 10.1 Å². The molecule has 1 N–H and O–H groups in total. The van der Waals surface area contributed by atoms with Crippen LogP contribution in [0.3, 0.4) is 0 Å². The van der Waals surface area contributed by atoms with Crippen molar-refractivity contribution in [3.8, 4) is 0 Å². The van der Waals surface area contributed by atoms with Gasteiger partial charge in [-0.25, -0.2) is 17.6 Å². The number of carboxylic acids is 1. The summed E-state index contributed by atoms with van der Waals surface area (Å²) in [4.78, 5) is 10.9. The van der Waals surface area contributed by atoms with Gasteiger partial charge < -0.3 is 5.11 Å². The van der Waals surface area contributed by atoms with Crippen LogP contribution < -0.4 is 0 Å². The van der Waals surface area contributed by atoms with Crippen LogP contribution in [0.25, 0.3) is 0 Å². The zero-order valence-corrected chi connectivity index (χ0v) is 16.4. The molecule has 1 saturated heterocycles. The number of aromatic carboxylic acids is 1. The molecule has 0 bridgehead atoms. The molecule has 2 aromatic rings. The van der Waals surface area contributed by atoms with E-state index in [2.05, 4.69) is 6.07 Å². The Labute approximate surface area is 162 Å². The third kappa shape index (κ3) is 4.17. The maximum atomic E-state index is 13.6. The van der Waals surface area contributed by atoms with Gasteiger partial charge in [0.2, 0.25) is 10.0 Å². The van der Waals surface area contributed by atoms with Gasteiger partial charge in [-0.15, -0.1) is 0 Å². The zero-order chi connectivity index (χ0) is 19.6. The molecule has 8 heteroatoms. The van der Waals surface area contributed by atoms with E-state index >= 15 is 0 Å². The largest absolute Gasteiger partial charge is 0.478 e. The number of thioether (sulfide) groups is 1. The predicted octanol–water partition coefficient (Wildman–Crippen LogP) is 3.70. The monoisotopic (exact) mass is 409 g/mol. The lowest BCUT2D eigenvalue weighted by Gasteiger charge is -2.20. The summed E-state index contributed by atoms with van der Waals surface area (Å²) in [5.41, 5.74) is 1.74.